The Morgan fingerprint density at radius 1 is 1.38 bits per heavy atom. The number of nitrogens with zero attached hydrogens (tertiary/aromatic N) is 2. The van der Waals surface area contributed by atoms with Crippen LogP contribution in [0, 0.1) is 6.92 Å². The van der Waals surface area contributed by atoms with Crippen LogP contribution in [0.25, 0.3) is 10.9 Å². The summed E-state index contributed by atoms with van der Waals surface area (Å²) in [7, 11) is 0. The molecule has 5 nitrogen and oxygen atoms in total. The highest BCUT2D eigenvalue weighted by Gasteiger charge is 2.27. The number of hydrogen-bond donors (Lipinski definition) is 1. The van der Waals surface area contributed by atoms with Crippen LogP contribution in [-0.2, 0) is 11.3 Å². The molecule has 1 amide bonds. The van der Waals surface area contributed by atoms with E-state index in [-0.39, 0.29) is 0 Å². The number of carbonyl (C=O) groups excluding carboxylic acids is 1. The van der Waals surface area contributed by atoms with Gasteiger partial charge in [-0.05, 0) is 19.1 Å². The second kappa shape index (κ2) is 5.55. The predicted molar refractivity (Wildman–Crippen MR) is 69.8 cm³/mol. The number of alkyl halides is 3. The Morgan fingerprint density at radius 2 is 2.10 bits per heavy atom. The number of fused-ring (bicyclic) bond motifs is 1. The maximum Gasteiger partial charge on any atom is 0.405 e. The van der Waals surface area contributed by atoms with E-state index in [1.165, 1.54) is 0 Å². The van der Waals surface area contributed by atoms with Crippen molar-refractivity contribution < 1.29 is 18.0 Å². The molecule has 21 heavy (non-hydrogen) atoms. The average molecular weight is 299 g/mol. The van der Waals surface area contributed by atoms with Crippen molar-refractivity contribution >= 4 is 16.8 Å². The number of carbonyl (C=O) groups is 1. The van der Waals surface area contributed by atoms with Crippen LogP contribution >= 0.6 is 0 Å². The minimum atomic E-state index is -4.49. The fraction of sp³-hybridized carbons (Fsp3) is 0.308. The van der Waals surface area contributed by atoms with E-state index in [1.807, 2.05) is 0 Å². The molecule has 0 aliphatic carbocycles. The summed E-state index contributed by atoms with van der Waals surface area (Å²) in [5, 5.41) is 2.03. The topological polar surface area (TPSA) is 64.0 Å². The Morgan fingerprint density at radius 3 is 2.76 bits per heavy atom. The summed E-state index contributed by atoms with van der Waals surface area (Å²) in [5.74, 6) is -0.900. The molecule has 0 atom stereocenters. The first-order valence-electron chi connectivity index (χ1n) is 6.05. The molecule has 2 rings (SSSR count). The summed E-state index contributed by atoms with van der Waals surface area (Å²) in [6.07, 6.45) is -3.34. The van der Waals surface area contributed by atoms with Crippen LogP contribution in [-0.4, -0.2) is 28.2 Å². The minimum absolute atomic E-state index is 0.320. The van der Waals surface area contributed by atoms with Crippen molar-refractivity contribution in [1.82, 2.24) is 14.9 Å². The Labute approximate surface area is 117 Å². The number of aromatic nitrogens is 2. The van der Waals surface area contributed by atoms with Crippen LogP contribution in [0.15, 0.2) is 29.3 Å². The average Bonchev–Trinajstić information content (AvgIpc) is 2.39. The normalized spacial score (nSPS) is 11.6. The molecule has 1 heterocycles. The number of aryl methyl sites for hydroxylation is 1. The van der Waals surface area contributed by atoms with E-state index >= 15 is 0 Å². The standard InChI is InChI=1S/C13H12F3N3O2/c1-8-2-3-10-9(4-8)12(21)19(7-18-10)5-11(20)17-6-13(14,15)16/h2-4,7H,5-6H2,1H3,(H,17,20). The summed E-state index contributed by atoms with van der Waals surface area (Å²) < 4.78 is 37.0. The molecule has 2 aromatic rings. The first-order chi connectivity index (χ1) is 9.76. The van der Waals surface area contributed by atoms with Gasteiger partial charge in [0, 0.05) is 0 Å². The molecule has 112 valence electrons. The highest BCUT2D eigenvalue weighted by Crippen LogP contribution is 2.12. The molecule has 0 radical (unpaired) electrons. The van der Waals surface area contributed by atoms with E-state index in [4.69, 9.17) is 0 Å². The highest BCUT2D eigenvalue weighted by atomic mass is 19.4. The largest absolute Gasteiger partial charge is 0.405 e. The van der Waals surface area contributed by atoms with Gasteiger partial charge < -0.3 is 5.32 Å². The van der Waals surface area contributed by atoms with Crippen LogP contribution in [0.1, 0.15) is 5.56 Å². The highest BCUT2D eigenvalue weighted by molar-refractivity contribution is 5.79. The van der Waals surface area contributed by atoms with E-state index in [2.05, 4.69) is 4.98 Å². The SMILES string of the molecule is Cc1ccc2ncn(CC(=O)NCC(F)(F)F)c(=O)c2c1. The van der Waals surface area contributed by atoms with Gasteiger partial charge in [0.1, 0.15) is 13.1 Å². The number of amides is 1. The number of benzene rings is 1. The molecular weight excluding hydrogens is 287 g/mol. The zero-order chi connectivity index (χ0) is 15.6. The Bertz CT molecular complexity index is 737. The predicted octanol–water partition coefficient (Wildman–Crippen LogP) is 1.38. The van der Waals surface area contributed by atoms with Gasteiger partial charge in [-0.3, -0.25) is 14.2 Å². The first-order valence-corrected chi connectivity index (χ1v) is 6.05. The molecule has 0 saturated carbocycles. The lowest BCUT2D eigenvalue weighted by Crippen LogP contribution is -2.37. The van der Waals surface area contributed by atoms with Crippen molar-refractivity contribution in [3.8, 4) is 0 Å². The Balaban J connectivity index is 2.21. The molecule has 0 saturated heterocycles. The Kier molecular flexibility index (Phi) is 3.97. The van der Waals surface area contributed by atoms with Gasteiger partial charge >= 0.3 is 6.18 Å². The third kappa shape index (κ3) is 3.80. The quantitative estimate of drug-likeness (QED) is 0.931. The molecule has 0 fully saturated rings. The van der Waals surface area contributed by atoms with E-state index in [1.54, 1.807) is 30.4 Å². The molecule has 1 N–H and O–H groups in total. The third-order valence-electron chi connectivity index (χ3n) is 2.78. The second-order valence-corrected chi connectivity index (χ2v) is 4.59. The molecule has 0 unspecified atom stereocenters. The van der Waals surface area contributed by atoms with Crippen molar-refractivity contribution in [3.05, 3.63) is 40.4 Å². The van der Waals surface area contributed by atoms with E-state index in [0.29, 0.717) is 10.9 Å². The van der Waals surface area contributed by atoms with Crippen molar-refractivity contribution in [2.45, 2.75) is 19.6 Å². The molecule has 0 bridgehead atoms. The number of halogens is 3. The fourth-order valence-corrected chi connectivity index (χ4v) is 1.79. The van der Waals surface area contributed by atoms with E-state index in [9.17, 15) is 22.8 Å². The third-order valence-corrected chi connectivity index (χ3v) is 2.78. The van der Waals surface area contributed by atoms with Crippen LogP contribution in [0.2, 0.25) is 0 Å². The molecule has 1 aromatic carbocycles. The van der Waals surface area contributed by atoms with Gasteiger partial charge in [0.15, 0.2) is 0 Å². The summed E-state index contributed by atoms with van der Waals surface area (Å²) in [5.41, 5.74) is 0.851. The molecule has 1 aromatic heterocycles. The van der Waals surface area contributed by atoms with Gasteiger partial charge in [-0.1, -0.05) is 11.6 Å². The van der Waals surface area contributed by atoms with Crippen molar-refractivity contribution in [2.75, 3.05) is 6.54 Å². The smallest absolute Gasteiger partial charge is 0.345 e. The fourth-order valence-electron chi connectivity index (χ4n) is 1.79. The van der Waals surface area contributed by atoms with Crippen molar-refractivity contribution in [3.63, 3.8) is 0 Å². The zero-order valence-electron chi connectivity index (χ0n) is 11.1. The summed E-state index contributed by atoms with van der Waals surface area (Å²) in [4.78, 5) is 27.6. The van der Waals surface area contributed by atoms with Crippen LogP contribution in [0.4, 0.5) is 13.2 Å². The van der Waals surface area contributed by atoms with Crippen molar-refractivity contribution in [1.29, 1.82) is 0 Å². The van der Waals surface area contributed by atoms with Gasteiger partial charge in [-0.2, -0.15) is 13.2 Å². The van der Waals surface area contributed by atoms with Gasteiger partial charge in [0.2, 0.25) is 5.91 Å². The maximum absolute atomic E-state index is 12.1. The molecule has 0 spiro atoms. The monoisotopic (exact) mass is 299 g/mol. The van der Waals surface area contributed by atoms with Gasteiger partial charge in [-0.25, -0.2) is 4.98 Å². The van der Waals surface area contributed by atoms with E-state index < -0.39 is 30.7 Å². The molecule has 0 aliphatic rings. The lowest BCUT2D eigenvalue weighted by Gasteiger charge is -2.10. The summed E-state index contributed by atoms with van der Waals surface area (Å²) in [6, 6.07) is 5.07. The number of hydrogen-bond acceptors (Lipinski definition) is 3. The summed E-state index contributed by atoms with van der Waals surface area (Å²) in [6.45, 7) is -0.140. The zero-order valence-corrected chi connectivity index (χ0v) is 11.1. The lowest BCUT2D eigenvalue weighted by molar-refractivity contribution is -0.138. The molecule has 0 aliphatic heterocycles. The van der Waals surface area contributed by atoms with Crippen LogP contribution < -0.4 is 10.9 Å². The van der Waals surface area contributed by atoms with Crippen LogP contribution in [0.5, 0.6) is 0 Å². The van der Waals surface area contributed by atoms with Gasteiger partial charge in [-0.15, -0.1) is 0 Å². The lowest BCUT2D eigenvalue weighted by atomic mass is 10.2. The van der Waals surface area contributed by atoms with Gasteiger partial charge in [0.05, 0.1) is 17.2 Å². The molecule has 8 heteroatoms. The summed E-state index contributed by atoms with van der Waals surface area (Å²) >= 11 is 0. The Hall–Kier alpha value is -2.38. The number of rotatable bonds is 3. The molecular formula is C13H12F3N3O2. The first kappa shape index (κ1) is 15.0. The number of nitrogens with one attached hydrogen (secondary N) is 1. The van der Waals surface area contributed by atoms with Crippen LogP contribution in [0.3, 0.4) is 0 Å². The maximum atomic E-state index is 12.1. The van der Waals surface area contributed by atoms with E-state index in [0.717, 1.165) is 16.5 Å². The van der Waals surface area contributed by atoms with Gasteiger partial charge in [0.25, 0.3) is 5.56 Å². The minimum Gasteiger partial charge on any atom is -0.345 e. The second-order valence-electron chi connectivity index (χ2n) is 4.59. The van der Waals surface area contributed by atoms with Crippen molar-refractivity contribution in [2.24, 2.45) is 0 Å².